The average molecular weight is 338 g/mol. The Morgan fingerprint density at radius 1 is 0.600 bits per heavy atom. The van der Waals surface area contributed by atoms with Crippen LogP contribution in [-0.2, 0) is 0 Å². The lowest BCUT2D eigenvalue weighted by Gasteiger charge is -2.20. The number of phenols is 3. The van der Waals surface area contributed by atoms with Crippen molar-refractivity contribution in [2.45, 2.75) is 6.10 Å². The summed E-state index contributed by atoms with van der Waals surface area (Å²) in [4.78, 5) is 0. The van der Waals surface area contributed by atoms with E-state index in [1.54, 1.807) is 72.8 Å². The maximum atomic E-state index is 9.47. The van der Waals surface area contributed by atoms with Crippen LogP contribution in [0.4, 0.5) is 0 Å². The van der Waals surface area contributed by atoms with Crippen LogP contribution in [0.5, 0.6) is 28.7 Å². The molecule has 1 unspecified atom stereocenters. The summed E-state index contributed by atoms with van der Waals surface area (Å²) in [7, 11) is 0. The second kappa shape index (κ2) is 7.49. The van der Waals surface area contributed by atoms with E-state index in [0.29, 0.717) is 11.5 Å². The van der Waals surface area contributed by atoms with Crippen molar-refractivity contribution in [2.75, 3.05) is 6.61 Å². The molecule has 128 valence electrons. The number of aromatic hydroxyl groups is 3. The van der Waals surface area contributed by atoms with Crippen molar-refractivity contribution in [1.82, 2.24) is 0 Å². The molecule has 3 aromatic rings. The summed E-state index contributed by atoms with van der Waals surface area (Å²) in [5.74, 6) is 1.70. The predicted molar refractivity (Wildman–Crippen MR) is 93.2 cm³/mol. The third-order valence-corrected chi connectivity index (χ3v) is 3.62. The van der Waals surface area contributed by atoms with Gasteiger partial charge in [0, 0.05) is 0 Å². The van der Waals surface area contributed by atoms with Crippen molar-refractivity contribution < 1.29 is 24.8 Å². The van der Waals surface area contributed by atoms with Crippen molar-refractivity contribution in [1.29, 1.82) is 0 Å². The van der Waals surface area contributed by atoms with Gasteiger partial charge in [0.1, 0.15) is 35.4 Å². The van der Waals surface area contributed by atoms with Crippen LogP contribution in [0.2, 0.25) is 0 Å². The van der Waals surface area contributed by atoms with Gasteiger partial charge in [-0.3, -0.25) is 0 Å². The fourth-order valence-electron chi connectivity index (χ4n) is 2.29. The van der Waals surface area contributed by atoms with E-state index in [9.17, 15) is 15.3 Å². The SMILES string of the molecule is Oc1ccc(OCC(Oc2ccc(O)cc2)c2ccc(O)cc2)cc1. The van der Waals surface area contributed by atoms with E-state index in [1.165, 1.54) is 0 Å². The van der Waals surface area contributed by atoms with Gasteiger partial charge in [-0.2, -0.15) is 0 Å². The van der Waals surface area contributed by atoms with Crippen LogP contribution in [0, 0.1) is 0 Å². The molecule has 0 aromatic heterocycles. The maximum absolute atomic E-state index is 9.47. The minimum atomic E-state index is -0.418. The lowest BCUT2D eigenvalue weighted by atomic mass is 10.1. The van der Waals surface area contributed by atoms with Gasteiger partial charge < -0.3 is 24.8 Å². The van der Waals surface area contributed by atoms with Gasteiger partial charge >= 0.3 is 0 Å². The first-order valence-corrected chi connectivity index (χ1v) is 7.76. The van der Waals surface area contributed by atoms with Gasteiger partial charge in [-0.25, -0.2) is 0 Å². The Kier molecular flexibility index (Phi) is 4.95. The number of rotatable bonds is 6. The fourth-order valence-corrected chi connectivity index (χ4v) is 2.29. The van der Waals surface area contributed by atoms with Gasteiger partial charge in [0.2, 0.25) is 0 Å². The molecule has 0 bridgehead atoms. The molecule has 3 aromatic carbocycles. The average Bonchev–Trinajstić information content (AvgIpc) is 2.62. The summed E-state index contributed by atoms with van der Waals surface area (Å²) in [6.45, 7) is 0.233. The Labute approximate surface area is 145 Å². The topological polar surface area (TPSA) is 79.2 Å². The molecule has 1 atom stereocenters. The predicted octanol–water partition coefficient (Wildman–Crippen LogP) is 4.00. The number of phenolic OH excluding ortho intramolecular Hbond substituents is 3. The number of hydrogen-bond donors (Lipinski definition) is 3. The Morgan fingerprint density at radius 3 is 1.56 bits per heavy atom. The summed E-state index contributed by atoms with van der Waals surface area (Å²) in [5, 5.41) is 28.2. The van der Waals surface area contributed by atoms with Crippen molar-refractivity contribution in [3.8, 4) is 28.7 Å². The molecule has 0 heterocycles. The van der Waals surface area contributed by atoms with Gasteiger partial charge in [0.05, 0.1) is 0 Å². The molecule has 5 nitrogen and oxygen atoms in total. The molecular formula is C20H18O5. The summed E-state index contributed by atoms with van der Waals surface area (Å²) in [5.41, 5.74) is 0.838. The Hall–Kier alpha value is -3.34. The molecule has 3 rings (SSSR count). The molecular weight excluding hydrogens is 320 g/mol. The van der Waals surface area contributed by atoms with E-state index in [-0.39, 0.29) is 23.9 Å². The van der Waals surface area contributed by atoms with E-state index in [4.69, 9.17) is 9.47 Å². The molecule has 0 saturated heterocycles. The molecule has 0 aliphatic heterocycles. The van der Waals surface area contributed by atoms with Crippen LogP contribution in [0.1, 0.15) is 11.7 Å². The van der Waals surface area contributed by atoms with Crippen LogP contribution in [0.15, 0.2) is 72.8 Å². The third kappa shape index (κ3) is 4.57. The second-order valence-corrected chi connectivity index (χ2v) is 5.50. The van der Waals surface area contributed by atoms with Crippen LogP contribution in [0.3, 0.4) is 0 Å². The van der Waals surface area contributed by atoms with E-state index in [1.807, 2.05) is 0 Å². The largest absolute Gasteiger partial charge is 0.508 e. The zero-order valence-corrected chi connectivity index (χ0v) is 13.4. The molecule has 0 fully saturated rings. The monoisotopic (exact) mass is 338 g/mol. The molecule has 5 heteroatoms. The van der Waals surface area contributed by atoms with E-state index < -0.39 is 6.10 Å². The molecule has 0 saturated carbocycles. The van der Waals surface area contributed by atoms with Crippen molar-refractivity contribution >= 4 is 0 Å². The van der Waals surface area contributed by atoms with Crippen molar-refractivity contribution in [3.63, 3.8) is 0 Å². The quantitative estimate of drug-likeness (QED) is 0.633. The lowest BCUT2D eigenvalue weighted by Crippen LogP contribution is -2.16. The van der Waals surface area contributed by atoms with E-state index >= 15 is 0 Å². The van der Waals surface area contributed by atoms with Gasteiger partial charge in [-0.05, 0) is 66.2 Å². The summed E-state index contributed by atoms with van der Waals surface area (Å²) in [6, 6.07) is 19.6. The zero-order chi connectivity index (χ0) is 17.6. The highest BCUT2D eigenvalue weighted by atomic mass is 16.5. The first kappa shape index (κ1) is 16.5. The first-order chi connectivity index (χ1) is 12.1. The molecule has 3 N–H and O–H groups in total. The summed E-state index contributed by atoms with van der Waals surface area (Å²) >= 11 is 0. The van der Waals surface area contributed by atoms with Crippen LogP contribution in [0.25, 0.3) is 0 Å². The summed E-state index contributed by atoms with van der Waals surface area (Å²) in [6.07, 6.45) is -0.418. The van der Waals surface area contributed by atoms with Crippen molar-refractivity contribution in [3.05, 3.63) is 78.4 Å². The minimum Gasteiger partial charge on any atom is -0.508 e. The second-order valence-electron chi connectivity index (χ2n) is 5.50. The highest BCUT2D eigenvalue weighted by molar-refractivity contribution is 5.33. The lowest BCUT2D eigenvalue weighted by molar-refractivity contribution is 0.129. The van der Waals surface area contributed by atoms with Crippen molar-refractivity contribution in [2.24, 2.45) is 0 Å². The Bertz CT molecular complexity index is 795. The first-order valence-electron chi connectivity index (χ1n) is 7.76. The smallest absolute Gasteiger partial charge is 0.158 e. The molecule has 0 spiro atoms. The standard InChI is InChI=1S/C20H18O5/c21-15-3-1-14(2-4-15)20(25-19-11-7-17(23)8-12-19)13-24-18-9-5-16(22)6-10-18/h1-12,20-23H,13H2. The molecule has 0 aliphatic rings. The third-order valence-electron chi connectivity index (χ3n) is 3.62. The minimum absolute atomic E-state index is 0.161. The molecule has 0 radical (unpaired) electrons. The molecule has 0 amide bonds. The normalized spacial score (nSPS) is 11.7. The summed E-state index contributed by atoms with van der Waals surface area (Å²) < 4.78 is 11.7. The van der Waals surface area contributed by atoms with Crippen LogP contribution < -0.4 is 9.47 Å². The van der Waals surface area contributed by atoms with Gasteiger partial charge in [-0.1, -0.05) is 12.1 Å². The Morgan fingerprint density at radius 2 is 1.04 bits per heavy atom. The fraction of sp³-hybridized carbons (Fsp3) is 0.100. The van der Waals surface area contributed by atoms with Gasteiger partial charge in [0.25, 0.3) is 0 Å². The van der Waals surface area contributed by atoms with Crippen LogP contribution >= 0.6 is 0 Å². The van der Waals surface area contributed by atoms with Gasteiger partial charge in [0.15, 0.2) is 6.10 Å². The molecule has 0 aliphatic carbocycles. The number of hydrogen-bond acceptors (Lipinski definition) is 5. The Balaban J connectivity index is 1.76. The number of ether oxygens (including phenoxy) is 2. The highest BCUT2D eigenvalue weighted by Crippen LogP contribution is 2.26. The number of benzene rings is 3. The highest BCUT2D eigenvalue weighted by Gasteiger charge is 2.15. The molecule has 25 heavy (non-hydrogen) atoms. The van der Waals surface area contributed by atoms with E-state index in [2.05, 4.69) is 0 Å². The van der Waals surface area contributed by atoms with E-state index in [0.717, 1.165) is 5.56 Å². The van der Waals surface area contributed by atoms with Gasteiger partial charge in [-0.15, -0.1) is 0 Å². The van der Waals surface area contributed by atoms with Crippen LogP contribution in [-0.4, -0.2) is 21.9 Å². The zero-order valence-electron chi connectivity index (χ0n) is 13.4. The maximum Gasteiger partial charge on any atom is 0.158 e.